The number of amides is 1. The molecule has 1 N–H and O–H groups in total. The lowest BCUT2D eigenvalue weighted by Crippen LogP contribution is -2.41. The van der Waals surface area contributed by atoms with Gasteiger partial charge in [0.2, 0.25) is 0 Å². The van der Waals surface area contributed by atoms with E-state index in [0.29, 0.717) is 24.6 Å². The van der Waals surface area contributed by atoms with Crippen LogP contribution in [0, 0.1) is 11.6 Å². The molecule has 1 amide bonds. The van der Waals surface area contributed by atoms with Gasteiger partial charge in [-0.3, -0.25) is 9.69 Å². The molecule has 0 aromatic heterocycles. The van der Waals surface area contributed by atoms with Gasteiger partial charge in [-0.05, 0) is 65.6 Å². The Hall–Kier alpha value is -3.45. The van der Waals surface area contributed by atoms with E-state index in [0.717, 1.165) is 29.7 Å². The summed E-state index contributed by atoms with van der Waals surface area (Å²) in [6, 6.07) is 15.8. The molecule has 3 aromatic rings. The highest BCUT2D eigenvalue weighted by atomic mass is 19.1. The SMILES string of the molecule is COc1cc2c(cc1OC)C(CNC(=O)c1cccc(F)c1)N(Cc1ccc(F)cc1)CC2. The summed E-state index contributed by atoms with van der Waals surface area (Å²) in [5.74, 6) is 0.190. The van der Waals surface area contributed by atoms with E-state index in [-0.39, 0.29) is 23.3 Å². The van der Waals surface area contributed by atoms with Crippen molar-refractivity contribution in [3.63, 3.8) is 0 Å². The first-order valence-corrected chi connectivity index (χ1v) is 10.8. The smallest absolute Gasteiger partial charge is 0.251 e. The minimum absolute atomic E-state index is 0.156. The highest BCUT2D eigenvalue weighted by molar-refractivity contribution is 5.94. The molecule has 33 heavy (non-hydrogen) atoms. The molecular formula is C26H26F2N2O3. The molecule has 0 radical (unpaired) electrons. The third-order valence-corrected chi connectivity index (χ3v) is 5.96. The fourth-order valence-corrected chi connectivity index (χ4v) is 4.25. The molecule has 4 rings (SSSR count). The third-order valence-electron chi connectivity index (χ3n) is 5.96. The maximum absolute atomic E-state index is 13.6. The number of halogens is 2. The molecular weight excluding hydrogens is 426 g/mol. The van der Waals surface area contributed by atoms with E-state index in [2.05, 4.69) is 10.2 Å². The second-order valence-corrected chi connectivity index (χ2v) is 7.99. The van der Waals surface area contributed by atoms with Crippen molar-refractivity contribution in [2.24, 2.45) is 0 Å². The third kappa shape index (κ3) is 5.14. The topological polar surface area (TPSA) is 50.8 Å². The Bertz CT molecular complexity index is 1130. The van der Waals surface area contributed by atoms with Crippen LogP contribution in [0.4, 0.5) is 8.78 Å². The molecule has 7 heteroatoms. The summed E-state index contributed by atoms with van der Waals surface area (Å²) in [6.45, 7) is 1.66. The van der Waals surface area contributed by atoms with Gasteiger partial charge in [0.1, 0.15) is 11.6 Å². The fourth-order valence-electron chi connectivity index (χ4n) is 4.25. The zero-order valence-electron chi connectivity index (χ0n) is 18.6. The molecule has 0 saturated heterocycles. The minimum atomic E-state index is -0.458. The Morgan fingerprint density at radius 2 is 1.73 bits per heavy atom. The van der Waals surface area contributed by atoms with Crippen LogP contribution >= 0.6 is 0 Å². The average Bonchev–Trinajstić information content (AvgIpc) is 2.83. The van der Waals surface area contributed by atoms with E-state index >= 15 is 0 Å². The van der Waals surface area contributed by atoms with Crippen molar-refractivity contribution in [3.8, 4) is 11.5 Å². The van der Waals surface area contributed by atoms with E-state index in [1.165, 1.54) is 30.3 Å². The second kappa shape index (κ2) is 10.0. The number of nitrogens with one attached hydrogen (secondary N) is 1. The number of hydrogen-bond donors (Lipinski definition) is 1. The predicted octanol–water partition coefficient (Wildman–Crippen LogP) is 4.51. The van der Waals surface area contributed by atoms with Crippen LogP contribution in [-0.2, 0) is 13.0 Å². The molecule has 1 aliphatic heterocycles. The zero-order valence-corrected chi connectivity index (χ0v) is 18.6. The van der Waals surface area contributed by atoms with Gasteiger partial charge in [-0.25, -0.2) is 8.78 Å². The quantitative estimate of drug-likeness (QED) is 0.573. The van der Waals surface area contributed by atoms with Gasteiger partial charge in [-0.1, -0.05) is 18.2 Å². The lowest BCUT2D eigenvalue weighted by atomic mass is 9.91. The van der Waals surface area contributed by atoms with Gasteiger partial charge in [-0.2, -0.15) is 0 Å². The average molecular weight is 453 g/mol. The molecule has 0 aliphatic carbocycles. The van der Waals surface area contributed by atoms with Gasteiger partial charge in [-0.15, -0.1) is 0 Å². The molecule has 0 spiro atoms. The Kier molecular flexibility index (Phi) is 6.89. The summed E-state index contributed by atoms with van der Waals surface area (Å²) < 4.78 is 37.9. The summed E-state index contributed by atoms with van der Waals surface area (Å²) in [6.07, 6.45) is 0.797. The zero-order chi connectivity index (χ0) is 23.4. The highest BCUT2D eigenvalue weighted by Crippen LogP contribution is 2.38. The van der Waals surface area contributed by atoms with Gasteiger partial charge in [0.05, 0.1) is 20.3 Å². The van der Waals surface area contributed by atoms with Crippen molar-refractivity contribution < 1.29 is 23.0 Å². The molecule has 0 fully saturated rings. The van der Waals surface area contributed by atoms with Crippen LogP contribution in [0.2, 0.25) is 0 Å². The van der Waals surface area contributed by atoms with E-state index in [9.17, 15) is 13.6 Å². The molecule has 1 heterocycles. The lowest BCUT2D eigenvalue weighted by Gasteiger charge is -2.38. The Labute approximate surface area is 191 Å². The van der Waals surface area contributed by atoms with Crippen LogP contribution in [0.3, 0.4) is 0 Å². The highest BCUT2D eigenvalue weighted by Gasteiger charge is 2.29. The molecule has 0 saturated carbocycles. The van der Waals surface area contributed by atoms with E-state index < -0.39 is 5.82 Å². The molecule has 5 nitrogen and oxygen atoms in total. The molecule has 1 aliphatic rings. The molecule has 1 atom stereocenters. The number of ether oxygens (including phenoxy) is 2. The van der Waals surface area contributed by atoms with Crippen LogP contribution in [-0.4, -0.2) is 38.1 Å². The Balaban J connectivity index is 1.62. The van der Waals surface area contributed by atoms with Crippen molar-refractivity contribution in [2.75, 3.05) is 27.3 Å². The first kappa shape index (κ1) is 22.7. The summed E-state index contributed by atoms with van der Waals surface area (Å²) in [5, 5.41) is 2.95. The number of carbonyl (C=O) groups is 1. The second-order valence-electron chi connectivity index (χ2n) is 7.99. The minimum Gasteiger partial charge on any atom is -0.493 e. The van der Waals surface area contributed by atoms with Crippen LogP contribution in [0.15, 0.2) is 60.7 Å². The number of carbonyl (C=O) groups excluding carboxylic acids is 1. The lowest BCUT2D eigenvalue weighted by molar-refractivity contribution is 0.0925. The number of rotatable bonds is 7. The molecule has 3 aromatic carbocycles. The number of nitrogens with zero attached hydrogens (tertiary/aromatic N) is 1. The van der Waals surface area contributed by atoms with Crippen LogP contribution in [0.25, 0.3) is 0 Å². The summed E-state index contributed by atoms with van der Waals surface area (Å²) in [7, 11) is 3.19. The predicted molar refractivity (Wildman–Crippen MR) is 122 cm³/mol. The summed E-state index contributed by atoms with van der Waals surface area (Å²) >= 11 is 0. The van der Waals surface area contributed by atoms with Gasteiger partial charge >= 0.3 is 0 Å². The van der Waals surface area contributed by atoms with Gasteiger partial charge < -0.3 is 14.8 Å². The van der Waals surface area contributed by atoms with Crippen LogP contribution < -0.4 is 14.8 Å². The standard InChI is InChI=1S/C26H26F2N2O3/c1-32-24-13-18-10-11-30(16-17-6-8-20(27)9-7-17)23(22(18)14-25(24)33-2)15-29-26(31)19-4-3-5-21(28)12-19/h3-9,12-14,23H,10-11,15-16H2,1-2H3,(H,29,31). The number of methoxy groups -OCH3 is 2. The monoisotopic (exact) mass is 452 g/mol. The van der Waals surface area contributed by atoms with E-state index in [4.69, 9.17) is 9.47 Å². The van der Waals surface area contributed by atoms with E-state index in [1.54, 1.807) is 32.4 Å². The van der Waals surface area contributed by atoms with Gasteiger partial charge in [0.25, 0.3) is 5.91 Å². The van der Waals surface area contributed by atoms with Crippen molar-refractivity contribution in [1.82, 2.24) is 10.2 Å². The normalized spacial score (nSPS) is 15.6. The van der Waals surface area contributed by atoms with Crippen LogP contribution in [0.5, 0.6) is 11.5 Å². The van der Waals surface area contributed by atoms with E-state index in [1.807, 2.05) is 12.1 Å². The van der Waals surface area contributed by atoms with Crippen LogP contribution in [0.1, 0.15) is 33.1 Å². The van der Waals surface area contributed by atoms with Crippen molar-refractivity contribution >= 4 is 5.91 Å². The fraction of sp³-hybridized carbons (Fsp3) is 0.269. The van der Waals surface area contributed by atoms with Gasteiger partial charge in [0, 0.05) is 25.2 Å². The number of fused-ring (bicyclic) bond motifs is 1. The maximum atomic E-state index is 13.6. The largest absolute Gasteiger partial charge is 0.493 e. The Morgan fingerprint density at radius 1 is 1.00 bits per heavy atom. The maximum Gasteiger partial charge on any atom is 0.251 e. The van der Waals surface area contributed by atoms with Crippen molar-refractivity contribution in [2.45, 2.75) is 19.0 Å². The molecule has 1 unspecified atom stereocenters. The van der Waals surface area contributed by atoms with Gasteiger partial charge in [0.15, 0.2) is 11.5 Å². The molecule has 0 bridgehead atoms. The first-order chi connectivity index (χ1) is 16.0. The summed E-state index contributed by atoms with van der Waals surface area (Å²) in [4.78, 5) is 14.9. The van der Waals surface area contributed by atoms with Crippen molar-refractivity contribution in [1.29, 1.82) is 0 Å². The summed E-state index contributed by atoms with van der Waals surface area (Å²) in [5.41, 5.74) is 3.39. The number of hydrogen-bond acceptors (Lipinski definition) is 4. The Morgan fingerprint density at radius 3 is 2.42 bits per heavy atom. The molecule has 172 valence electrons. The number of benzene rings is 3. The first-order valence-electron chi connectivity index (χ1n) is 10.8. The van der Waals surface area contributed by atoms with Crippen molar-refractivity contribution in [3.05, 3.63) is 94.6 Å².